The minimum Gasteiger partial charge on any atom is -0.286 e. The van der Waals surface area contributed by atoms with Crippen molar-refractivity contribution in [1.29, 1.82) is 0 Å². The number of unbranched alkanes of at least 4 members (excludes halogenated alkanes) is 1. The van der Waals surface area contributed by atoms with Crippen molar-refractivity contribution in [3.63, 3.8) is 0 Å². The van der Waals surface area contributed by atoms with Gasteiger partial charge >= 0.3 is 20.7 Å². The molecular weight excluding hydrogens is 514 g/mol. The van der Waals surface area contributed by atoms with Gasteiger partial charge in [-0.15, -0.1) is 24.0 Å². The molecule has 0 spiro atoms. The second-order valence-electron chi connectivity index (χ2n) is 7.93. The summed E-state index contributed by atoms with van der Waals surface area (Å²) in [5, 5.41) is 0.757. The summed E-state index contributed by atoms with van der Waals surface area (Å²) in [6.07, 6.45) is 2.77. The number of nitrogens with zero attached hydrogens (tertiary/aromatic N) is 1. The molecule has 184 valence electrons. The van der Waals surface area contributed by atoms with Gasteiger partial charge in [0.1, 0.15) is 10.8 Å². The Morgan fingerprint density at radius 1 is 1.09 bits per heavy atom. The molecule has 1 aromatic heterocycles. The summed E-state index contributed by atoms with van der Waals surface area (Å²) in [6.45, 7) is 6.97. The average molecular weight is 541 g/mol. The van der Waals surface area contributed by atoms with Crippen molar-refractivity contribution < 1.29 is 43.1 Å². The number of hydrogen-bond donors (Lipinski definition) is 2. The van der Waals surface area contributed by atoms with Gasteiger partial charge in [-0.3, -0.25) is 9.11 Å². The standard InChI is InChI=1S/C19H25NO6S3.O3S/c1-4-5-10-20-13(2)19(3,9-6-11-28(21,22)23)18-14-12-17(29(24,25)26)27-16(14)8-7-15(18)20;1-4(2)3/h7-8,12H,4-6,9-11H2,1-3H3,(H-,21,22,23,24,25,26);/p+1. The molecule has 3 rings (SSSR count). The summed E-state index contributed by atoms with van der Waals surface area (Å²) < 4.78 is 92.6. The highest BCUT2D eigenvalue weighted by Gasteiger charge is 2.47. The van der Waals surface area contributed by atoms with Crippen LogP contribution in [0.25, 0.3) is 10.1 Å². The summed E-state index contributed by atoms with van der Waals surface area (Å²) in [5.74, 6) is -0.323. The zero-order valence-electron chi connectivity index (χ0n) is 18.3. The van der Waals surface area contributed by atoms with Crippen LogP contribution in [-0.2, 0) is 36.3 Å². The van der Waals surface area contributed by atoms with Crippen molar-refractivity contribution >= 4 is 63.7 Å². The molecule has 0 amide bonds. The Bertz CT molecular complexity index is 1400. The van der Waals surface area contributed by atoms with Crippen LogP contribution in [0, 0.1) is 0 Å². The first-order valence-corrected chi connectivity index (χ1v) is 14.9. The molecule has 2 heterocycles. The van der Waals surface area contributed by atoms with Crippen molar-refractivity contribution in [3.05, 3.63) is 23.8 Å². The first kappa shape index (κ1) is 27.5. The minimum absolute atomic E-state index is 0.106. The molecule has 1 aliphatic rings. The predicted octanol–water partition coefficient (Wildman–Crippen LogP) is 2.99. The summed E-state index contributed by atoms with van der Waals surface area (Å²) in [6, 6.07) is 5.34. The Morgan fingerprint density at radius 3 is 2.21 bits per heavy atom. The third kappa shape index (κ3) is 6.45. The molecule has 33 heavy (non-hydrogen) atoms. The van der Waals surface area contributed by atoms with Crippen LogP contribution in [0.15, 0.2) is 22.4 Å². The van der Waals surface area contributed by atoms with Gasteiger partial charge in [0.15, 0.2) is 5.71 Å². The smallest absolute Gasteiger partial charge is 0.286 e. The van der Waals surface area contributed by atoms with E-state index in [-0.39, 0.29) is 16.4 Å². The Balaban J connectivity index is 0.000000890. The zero-order chi connectivity index (χ0) is 25.2. The quantitative estimate of drug-likeness (QED) is 0.378. The van der Waals surface area contributed by atoms with E-state index in [2.05, 4.69) is 11.5 Å². The van der Waals surface area contributed by atoms with Gasteiger partial charge in [0.2, 0.25) is 5.69 Å². The van der Waals surface area contributed by atoms with Crippen LogP contribution in [-0.4, -0.2) is 61.2 Å². The molecule has 10 nitrogen and oxygen atoms in total. The third-order valence-electron chi connectivity index (χ3n) is 5.77. The Morgan fingerprint density at radius 2 is 1.70 bits per heavy atom. The van der Waals surface area contributed by atoms with Crippen LogP contribution in [0.2, 0.25) is 0 Å². The van der Waals surface area contributed by atoms with Crippen LogP contribution in [0.1, 0.15) is 52.0 Å². The van der Waals surface area contributed by atoms with Crippen molar-refractivity contribution in [2.75, 3.05) is 12.3 Å². The van der Waals surface area contributed by atoms with E-state index in [1.807, 2.05) is 26.0 Å². The van der Waals surface area contributed by atoms with Gasteiger partial charge in [0.05, 0.1) is 11.2 Å². The molecule has 0 saturated heterocycles. The second kappa shape index (κ2) is 10.3. The molecule has 0 fully saturated rings. The first-order chi connectivity index (χ1) is 15.1. The van der Waals surface area contributed by atoms with Gasteiger partial charge < -0.3 is 0 Å². The molecular formula is C19H26NO9S4+. The highest BCUT2D eigenvalue weighted by atomic mass is 32.3. The van der Waals surface area contributed by atoms with E-state index in [1.165, 1.54) is 6.07 Å². The fraction of sp³-hybridized carbons (Fsp3) is 0.526. The normalized spacial score (nSPS) is 18.2. The molecule has 0 aliphatic carbocycles. The lowest BCUT2D eigenvalue weighted by Crippen LogP contribution is -2.31. The van der Waals surface area contributed by atoms with E-state index in [0.717, 1.165) is 57.8 Å². The van der Waals surface area contributed by atoms with Gasteiger partial charge in [-0.1, -0.05) is 13.3 Å². The maximum absolute atomic E-state index is 11.7. The minimum atomic E-state index is -4.31. The number of benzene rings is 1. The molecule has 2 N–H and O–H groups in total. The van der Waals surface area contributed by atoms with Crippen molar-refractivity contribution in [2.24, 2.45) is 0 Å². The highest BCUT2D eigenvalue weighted by molar-refractivity contribution is 7.88. The lowest BCUT2D eigenvalue weighted by molar-refractivity contribution is -0.439. The summed E-state index contributed by atoms with van der Waals surface area (Å²) in [5.41, 5.74) is 2.50. The van der Waals surface area contributed by atoms with E-state index in [1.54, 1.807) is 0 Å². The van der Waals surface area contributed by atoms with Gasteiger partial charge in [0.25, 0.3) is 10.1 Å². The third-order valence-corrected chi connectivity index (χ3v) is 8.98. The van der Waals surface area contributed by atoms with Crippen molar-refractivity contribution in [3.8, 4) is 0 Å². The van der Waals surface area contributed by atoms with E-state index in [4.69, 9.17) is 17.2 Å². The Hall–Kier alpha value is -1.71. The van der Waals surface area contributed by atoms with Gasteiger partial charge in [0, 0.05) is 35.1 Å². The van der Waals surface area contributed by atoms with E-state index in [0.29, 0.717) is 6.42 Å². The highest BCUT2D eigenvalue weighted by Crippen LogP contribution is 2.48. The Kier molecular flexibility index (Phi) is 8.57. The zero-order valence-corrected chi connectivity index (χ0v) is 21.6. The Labute approximate surface area is 198 Å². The summed E-state index contributed by atoms with van der Waals surface area (Å²) in [7, 11) is -11.5. The van der Waals surface area contributed by atoms with Crippen LogP contribution in [0.3, 0.4) is 0 Å². The monoisotopic (exact) mass is 540 g/mol. The number of hydrogen-bond acceptors (Lipinski definition) is 8. The van der Waals surface area contributed by atoms with Gasteiger partial charge in [-0.05, 0) is 31.9 Å². The van der Waals surface area contributed by atoms with Crippen LogP contribution < -0.4 is 0 Å². The fourth-order valence-electron chi connectivity index (χ4n) is 4.19. The molecule has 1 aromatic carbocycles. The van der Waals surface area contributed by atoms with Crippen LogP contribution in [0.5, 0.6) is 0 Å². The molecule has 1 aliphatic heterocycles. The van der Waals surface area contributed by atoms with Crippen molar-refractivity contribution in [1.82, 2.24) is 0 Å². The fourth-order valence-corrected chi connectivity index (χ4v) is 6.45. The summed E-state index contributed by atoms with van der Waals surface area (Å²) in [4.78, 5) is 0. The van der Waals surface area contributed by atoms with Gasteiger partial charge in [-0.25, -0.2) is 0 Å². The molecule has 0 saturated carbocycles. The number of fused-ring (bicyclic) bond motifs is 3. The maximum atomic E-state index is 11.7. The number of rotatable bonds is 8. The molecule has 1 atom stereocenters. The molecule has 14 heteroatoms. The second-order valence-corrected chi connectivity index (χ2v) is 12.6. The molecule has 0 bridgehead atoms. The number of thiophene rings is 1. The lowest BCUT2D eigenvalue weighted by Gasteiger charge is -2.22. The maximum Gasteiger partial charge on any atom is 0.425 e. The molecule has 1 unspecified atom stereocenters. The lowest BCUT2D eigenvalue weighted by atomic mass is 9.75. The van der Waals surface area contributed by atoms with E-state index < -0.39 is 36.3 Å². The average Bonchev–Trinajstić information content (AvgIpc) is 3.18. The van der Waals surface area contributed by atoms with Crippen molar-refractivity contribution in [2.45, 2.75) is 56.1 Å². The van der Waals surface area contributed by atoms with Crippen LogP contribution >= 0.6 is 11.3 Å². The SMILES string of the molecule is CCCC[N+]1=C(C)C(C)(CCCS(=O)(=O)O)c2c1ccc1sc(S(=O)(=O)O)cc21.O=S(=O)=O. The molecule has 2 aromatic rings. The largest absolute Gasteiger partial charge is 0.425 e. The first-order valence-electron chi connectivity index (χ1n) is 9.99. The van der Waals surface area contributed by atoms with E-state index >= 15 is 0 Å². The molecule has 0 radical (unpaired) electrons. The van der Waals surface area contributed by atoms with Crippen LogP contribution in [0.4, 0.5) is 5.69 Å². The summed E-state index contributed by atoms with van der Waals surface area (Å²) >= 11 is 1.02. The topological polar surface area (TPSA) is 163 Å². The van der Waals surface area contributed by atoms with E-state index in [9.17, 15) is 21.4 Å². The van der Waals surface area contributed by atoms with Gasteiger partial charge in [-0.2, -0.15) is 21.4 Å². The predicted molar refractivity (Wildman–Crippen MR) is 125 cm³/mol.